The summed E-state index contributed by atoms with van der Waals surface area (Å²) >= 11 is 12.3. The van der Waals surface area contributed by atoms with Gasteiger partial charge < -0.3 is 10.1 Å². The molecule has 0 bridgehead atoms. The maximum absolute atomic E-state index is 6.25. The van der Waals surface area contributed by atoms with E-state index in [2.05, 4.69) is 16.2 Å². The molecule has 0 saturated carbocycles. The van der Waals surface area contributed by atoms with Crippen LogP contribution in [0.1, 0.15) is 25.5 Å². The first-order valence-electron chi connectivity index (χ1n) is 8.95. The molecule has 0 unspecified atom stereocenters. The second-order valence-corrected chi connectivity index (χ2v) is 8.00. The minimum Gasteiger partial charge on any atom is -0.398 e. The fraction of sp³-hybridized carbons (Fsp3) is 0.350. The molecule has 1 saturated heterocycles. The third kappa shape index (κ3) is 3.41. The monoisotopic (exact) mass is 388 g/mol. The second-order valence-electron chi connectivity index (χ2n) is 7.19. The van der Waals surface area contributed by atoms with Crippen molar-refractivity contribution < 1.29 is 0 Å². The molecule has 2 N–H and O–H groups in total. The summed E-state index contributed by atoms with van der Waals surface area (Å²) in [6, 6.07) is 9.52. The molecule has 3 heterocycles. The predicted octanol–water partition coefficient (Wildman–Crippen LogP) is 5.12. The Bertz CT molecular complexity index is 942. The molecule has 3 aromatic rings. The van der Waals surface area contributed by atoms with Crippen molar-refractivity contribution in [1.82, 2.24) is 14.3 Å². The van der Waals surface area contributed by atoms with Gasteiger partial charge in [0.1, 0.15) is 5.65 Å². The summed E-state index contributed by atoms with van der Waals surface area (Å²) in [4.78, 5) is 7.35. The fourth-order valence-electron chi connectivity index (χ4n) is 3.57. The Kier molecular flexibility index (Phi) is 4.82. The minimum atomic E-state index is 0.540. The Labute approximate surface area is 163 Å². The second kappa shape index (κ2) is 7.10. The van der Waals surface area contributed by atoms with Crippen LogP contribution in [0.25, 0.3) is 16.9 Å². The first-order valence-corrected chi connectivity index (χ1v) is 9.71. The van der Waals surface area contributed by atoms with Gasteiger partial charge in [-0.15, -0.1) is 0 Å². The molecule has 0 amide bonds. The van der Waals surface area contributed by atoms with Crippen molar-refractivity contribution >= 4 is 34.5 Å². The summed E-state index contributed by atoms with van der Waals surface area (Å²) in [6.07, 6.45) is 4.42. The van der Waals surface area contributed by atoms with Crippen LogP contribution in [0.15, 0.2) is 36.5 Å². The van der Waals surface area contributed by atoms with Crippen molar-refractivity contribution in [3.8, 4) is 11.3 Å². The van der Waals surface area contributed by atoms with E-state index >= 15 is 0 Å². The van der Waals surface area contributed by atoms with E-state index in [9.17, 15) is 0 Å². The number of nitrogen functional groups attached to an aromatic ring is 1. The highest BCUT2D eigenvalue weighted by atomic mass is 35.5. The van der Waals surface area contributed by atoms with Gasteiger partial charge in [0.25, 0.3) is 0 Å². The van der Waals surface area contributed by atoms with Crippen LogP contribution in [0, 0.1) is 5.92 Å². The van der Waals surface area contributed by atoms with Gasteiger partial charge in [-0.3, -0.25) is 4.90 Å². The minimum absolute atomic E-state index is 0.540. The van der Waals surface area contributed by atoms with Crippen LogP contribution in [0.5, 0.6) is 0 Å². The third-order valence-corrected chi connectivity index (χ3v) is 5.92. The molecule has 2 aromatic heterocycles. The molecule has 4 nitrogen and oxygen atoms in total. The highest BCUT2D eigenvalue weighted by Gasteiger charge is 2.21. The van der Waals surface area contributed by atoms with Gasteiger partial charge in [-0.05, 0) is 56.1 Å². The van der Waals surface area contributed by atoms with Crippen LogP contribution in [0.4, 0.5) is 5.69 Å². The molecule has 4 rings (SSSR count). The van der Waals surface area contributed by atoms with E-state index in [1.807, 2.05) is 36.5 Å². The Morgan fingerprint density at radius 3 is 2.62 bits per heavy atom. The number of fused-ring (bicyclic) bond motifs is 1. The summed E-state index contributed by atoms with van der Waals surface area (Å²) < 4.78 is 2.10. The van der Waals surface area contributed by atoms with Gasteiger partial charge >= 0.3 is 0 Å². The summed E-state index contributed by atoms with van der Waals surface area (Å²) in [5.74, 6) is 0.804. The first-order chi connectivity index (χ1) is 12.5. The smallest absolute Gasteiger partial charge is 0.137 e. The number of halogens is 2. The van der Waals surface area contributed by atoms with Crippen LogP contribution in [-0.4, -0.2) is 27.4 Å². The van der Waals surface area contributed by atoms with Crippen molar-refractivity contribution in [2.75, 3.05) is 18.8 Å². The third-order valence-electron chi connectivity index (χ3n) is 5.18. The number of hydrogen-bond donors (Lipinski definition) is 1. The molecule has 26 heavy (non-hydrogen) atoms. The molecule has 1 aromatic carbocycles. The molecule has 6 heteroatoms. The standard InChI is InChI=1S/C20H22Cl2N4/c1-13-6-8-25(9-7-13)12-18-20(14-2-4-16(21)17(22)10-14)24-19-5-3-15(23)11-26(18)19/h2-5,10-11,13H,6-9,12,23H2,1H3. The van der Waals surface area contributed by atoms with Crippen LogP contribution in [0.3, 0.4) is 0 Å². The molecular weight excluding hydrogens is 367 g/mol. The first kappa shape index (κ1) is 17.7. The van der Waals surface area contributed by atoms with Gasteiger partial charge in [-0.25, -0.2) is 4.98 Å². The fourth-order valence-corrected chi connectivity index (χ4v) is 3.87. The molecule has 1 fully saturated rings. The lowest BCUT2D eigenvalue weighted by Gasteiger charge is -2.30. The van der Waals surface area contributed by atoms with E-state index in [0.717, 1.165) is 53.8 Å². The number of likely N-dealkylation sites (tertiary alicyclic amines) is 1. The molecule has 0 aliphatic carbocycles. The van der Waals surface area contributed by atoms with Gasteiger partial charge in [0.05, 0.1) is 21.4 Å². The lowest BCUT2D eigenvalue weighted by molar-refractivity contribution is 0.183. The largest absolute Gasteiger partial charge is 0.398 e. The summed E-state index contributed by atoms with van der Waals surface area (Å²) in [6.45, 7) is 5.38. The zero-order valence-electron chi connectivity index (χ0n) is 14.8. The predicted molar refractivity (Wildman–Crippen MR) is 109 cm³/mol. The van der Waals surface area contributed by atoms with Gasteiger partial charge in [-0.1, -0.05) is 36.2 Å². The maximum Gasteiger partial charge on any atom is 0.137 e. The number of benzene rings is 1. The Morgan fingerprint density at radius 1 is 1.12 bits per heavy atom. The van der Waals surface area contributed by atoms with Crippen molar-refractivity contribution in [3.05, 3.63) is 52.3 Å². The lowest BCUT2D eigenvalue weighted by Crippen LogP contribution is -2.32. The van der Waals surface area contributed by atoms with Gasteiger partial charge in [-0.2, -0.15) is 0 Å². The van der Waals surface area contributed by atoms with Crippen LogP contribution in [0.2, 0.25) is 10.0 Å². The van der Waals surface area contributed by atoms with Gasteiger partial charge in [0, 0.05) is 24.0 Å². The molecule has 0 atom stereocenters. The Balaban J connectivity index is 1.79. The van der Waals surface area contributed by atoms with Crippen LogP contribution < -0.4 is 5.73 Å². The highest BCUT2D eigenvalue weighted by molar-refractivity contribution is 6.42. The van der Waals surface area contributed by atoms with Crippen molar-refractivity contribution in [2.24, 2.45) is 5.92 Å². The zero-order chi connectivity index (χ0) is 18.3. The number of piperidine rings is 1. The molecule has 1 aliphatic heterocycles. The summed E-state index contributed by atoms with van der Waals surface area (Å²) in [5, 5.41) is 1.09. The number of pyridine rings is 1. The number of aromatic nitrogens is 2. The van der Waals surface area contributed by atoms with Crippen molar-refractivity contribution in [2.45, 2.75) is 26.3 Å². The normalized spacial score (nSPS) is 16.4. The van der Waals surface area contributed by atoms with E-state index in [4.69, 9.17) is 33.9 Å². The number of nitrogens with zero attached hydrogens (tertiary/aromatic N) is 3. The number of imidazole rings is 1. The van der Waals surface area contributed by atoms with Gasteiger partial charge in [0.2, 0.25) is 0 Å². The van der Waals surface area contributed by atoms with Crippen molar-refractivity contribution in [3.63, 3.8) is 0 Å². The maximum atomic E-state index is 6.25. The van der Waals surface area contributed by atoms with E-state index in [1.54, 1.807) is 0 Å². The van der Waals surface area contributed by atoms with E-state index in [0.29, 0.717) is 10.0 Å². The number of rotatable bonds is 3. The highest BCUT2D eigenvalue weighted by Crippen LogP contribution is 2.32. The molecule has 0 spiro atoms. The number of hydrogen-bond acceptors (Lipinski definition) is 3. The summed E-state index contributed by atoms with van der Waals surface area (Å²) in [7, 11) is 0. The number of nitrogens with two attached hydrogens (primary N) is 1. The zero-order valence-corrected chi connectivity index (χ0v) is 16.3. The molecule has 0 radical (unpaired) electrons. The summed E-state index contributed by atoms with van der Waals surface area (Å²) in [5.41, 5.74) is 10.7. The molecule has 1 aliphatic rings. The van der Waals surface area contributed by atoms with E-state index in [-0.39, 0.29) is 0 Å². The topological polar surface area (TPSA) is 46.6 Å². The average Bonchev–Trinajstić information content (AvgIpc) is 2.97. The van der Waals surface area contributed by atoms with Crippen LogP contribution >= 0.6 is 23.2 Å². The Hall–Kier alpha value is -1.75. The van der Waals surface area contributed by atoms with Crippen LogP contribution in [-0.2, 0) is 6.54 Å². The van der Waals surface area contributed by atoms with E-state index < -0.39 is 0 Å². The van der Waals surface area contributed by atoms with Crippen molar-refractivity contribution in [1.29, 1.82) is 0 Å². The SMILES string of the molecule is CC1CCN(Cc2c(-c3ccc(Cl)c(Cl)c3)nc3ccc(N)cn23)CC1. The Morgan fingerprint density at radius 2 is 1.88 bits per heavy atom. The molecular formula is C20H22Cl2N4. The van der Waals surface area contributed by atoms with E-state index in [1.165, 1.54) is 12.8 Å². The quantitative estimate of drug-likeness (QED) is 0.676. The average molecular weight is 389 g/mol. The number of anilines is 1. The lowest BCUT2D eigenvalue weighted by atomic mass is 9.99. The molecule has 136 valence electrons. The van der Waals surface area contributed by atoms with Gasteiger partial charge in [0.15, 0.2) is 0 Å².